The molecular weight excluding hydrogens is 220 g/mol. The highest BCUT2D eigenvalue weighted by atomic mass is 16.4. The van der Waals surface area contributed by atoms with Crippen LogP contribution in [0.3, 0.4) is 0 Å². The molecule has 1 amide bonds. The number of carbonyl (C=O) groups is 2. The monoisotopic (exact) mass is 242 g/mol. The summed E-state index contributed by atoms with van der Waals surface area (Å²) in [6.45, 7) is 5.07. The van der Waals surface area contributed by atoms with Crippen LogP contribution in [0.25, 0.3) is 0 Å². The molecule has 0 saturated carbocycles. The number of amides is 1. The number of nitrogens with one attached hydrogen (secondary N) is 2. The summed E-state index contributed by atoms with van der Waals surface area (Å²) in [6.07, 6.45) is 2.98. The van der Waals surface area contributed by atoms with E-state index in [2.05, 4.69) is 10.6 Å². The van der Waals surface area contributed by atoms with E-state index in [4.69, 9.17) is 0 Å². The van der Waals surface area contributed by atoms with Gasteiger partial charge in [-0.05, 0) is 32.7 Å². The maximum Gasteiger partial charge on any atom is 0.329 e. The second-order valence-electron chi connectivity index (χ2n) is 4.92. The molecule has 1 fully saturated rings. The Morgan fingerprint density at radius 1 is 1.53 bits per heavy atom. The Morgan fingerprint density at radius 2 is 2.24 bits per heavy atom. The minimum atomic E-state index is -1.14. The predicted octanol–water partition coefficient (Wildman–Crippen LogP) is 0.746. The average Bonchev–Trinajstić information content (AvgIpc) is 2.30. The lowest BCUT2D eigenvalue weighted by Crippen LogP contribution is -2.55. The fourth-order valence-electron chi connectivity index (χ4n) is 2.17. The van der Waals surface area contributed by atoms with E-state index in [1.165, 1.54) is 0 Å². The van der Waals surface area contributed by atoms with Crippen molar-refractivity contribution in [3.8, 4) is 0 Å². The van der Waals surface area contributed by atoms with Crippen LogP contribution < -0.4 is 10.6 Å². The smallest absolute Gasteiger partial charge is 0.329 e. The summed E-state index contributed by atoms with van der Waals surface area (Å²) >= 11 is 0. The third-order valence-electron chi connectivity index (χ3n) is 3.29. The van der Waals surface area contributed by atoms with E-state index in [0.717, 1.165) is 25.8 Å². The molecule has 0 aromatic rings. The van der Waals surface area contributed by atoms with Gasteiger partial charge in [-0.2, -0.15) is 0 Å². The minimum Gasteiger partial charge on any atom is -0.480 e. The van der Waals surface area contributed by atoms with Crippen LogP contribution >= 0.6 is 0 Å². The molecule has 1 rings (SSSR count). The van der Waals surface area contributed by atoms with E-state index in [9.17, 15) is 14.7 Å². The second-order valence-corrected chi connectivity index (χ2v) is 4.92. The maximum absolute atomic E-state index is 12.0. The average molecular weight is 242 g/mol. The van der Waals surface area contributed by atoms with Crippen molar-refractivity contribution in [2.45, 2.75) is 45.1 Å². The molecule has 0 bridgehead atoms. The minimum absolute atomic E-state index is 0.0979. The Hall–Kier alpha value is -1.10. The Balaban J connectivity index is 2.60. The van der Waals surface area contributed by atoms with Gasteiger partial charge in [0, 0.05) is 6.54 Å². The zero-order valence-electron chi connectivity index (χ0n) is 10.6. The molecule has 1 saturated heterocycles. The molecule has 0 aromatic heterocycles. The zero-order chi connectivity index (χ0) is 12.9. The molecule has 1 aliphatic heterocycles. The second kappa shape index (κ2) is 6.00. The fourth-order valence-corrected chi connectivity index (χ4v) is 2.17. The number of aliphatic carboxylic acids is 1. The lowest BCUT2D eigenvalue weighted by molar-refractivity contribution is -0.148. The van der Waals surface area contributed by atoms with Gasteiger partial charge in [0.1, 0.15) is 5.54 Å². The van der Waals surface area contributed by atoms with Crippen molar-refractivity contribution in [1.82, 2.24) is 10.6 Å². The van der Waals surface area contributed by atoms with Gasteiger partial charge >= 0.3 is 5.97 Å². The Bertz CT molecular complexity index is 287. The SMILES string of the molecule is CCCC(C)(NC(=O)[C@@H]1CCCNC1)C(=O)O. The molecule has 0 radical (unpaired) electrons. The van der Waals surface area contributed by atoms with Gasteiger partial charge in [0.15, 0.2) is 0 Å². The number of carbonyl (C=O) groups excluding carboxylic acids is 1. The summed E-state index contributed by atoms with van der Waals surface area (Å²) in [5.41, 5.74) is -1.14. The van der Waals surface area contributed by atoms with E-state index in [-0.39, 0.29) is 11.8 Å². The first-order valence-corrected chi connectivity index (χ1v) is 6.25. The van der Waals surface area contributed by atoms with Gasteiger partial charge in [0.05, 0.1) is 5.92 Å². The van der Waals surface area contributed by atoms with Crippen LogP contribution in [0.5, 0.6) is 0 Å². The van der Waals surface area contributed by atoms with Crippen LogP contribution in [0.1, 0.15) is 39.5 Å². The van der Waals surface area contributed by atoms with Gasteiger partial charge < -0.3 is 15.7 Å². The van der Waals surface area contributed by atoms with E-state index >= 15 is 0 Å². The zero-order valence-corrected chi connectivity index (χ0v) is 10.6. The van der Waals surface area contributed by atoms with Crippen LogP contribution in [0.2, 0.25) is 0 Å². The highest BCUT2D eigenvalue weighted by Gasteiger charge is 2.35. The first-order chi connectivity index (χ1) is 7.99. The molecule has 1 aliphatic rings. The highest BCUT2D eigenvalue weighted by Crippen LogP contribution is 2.16. The van der Waals surface area contributed by atoms with Crippen molar-refractivity contribution in [2.75, 3.05) is 13.1 Å². The van der Waals surface area contributed by atoms with Gasteiger partial charge in [-0.25, -0.2) is 4.79 Å². The standard InChI is InChI=1S/C12H22N2O3/c1-3-6-12(2,11(16)17)14-10(15)9-5-4-7-13-8-9/h9,13H,3-8H2,1-2H3,(H,14,15)(H,16,17)/t9-,12?/m1/s1. The molecule has 17 heavy (non-hydrogen) atoms. The first kappa shape index (κ1) is 14.0. The predicted molar refractivity (Wildman–Crippen MR) is 64.7 cm³/mol. The van der Waals surface area contributed by atoms with Crippen LogP contribution in [0.4, 0.5) is 0 Å². The van der Waals surface area contributed by atoms with Crippen LogP contribution in [-0.4, -0.2) is 35.6 Å². The van der Waals surface area contributed by atoms with Crippen molar-refractivity contribution in [3.05, 3.63) is 0 Å². The van der Waals surface area contributed by atoms with Gasteiger partial charge in [-0.3, -0.25) is 4.79 Å². The number of hydrogen-bond donors (Lipinski definition) is 3. The molecular formula is C12H22N2O3. The molecule has 5 heteroatoms. The van der Waals surface area contributed by atoms with Gasteiger partial charge in [-0.1, -0.05) is 13.3 Å². The van der Waals surface area contributed by atoms with Crippen LogP contribution in [0, 0.1) is 5.92 Å². The third-order valence-corrected chi connectivity index (χ3v) is 3.29. The lowest BCUT2D eigenvalue weighted by atomic mass is 9.93. The molecule has 1 unspecified atom stereocenters. The van der Waals surface area contributed by atoms with Crippen molar-refractivity contribution in [3.63, 3.8) is 0 Å². The van der Waals surface area contributed by atoms with Crippen molar-refractivity contribution in [1.29, 1.82) is 0 Å². The Labute approximate surface area is 102 Å². The molecule has 0 aromatic carbocycles. The Morgan fingerprint density at radius 3 is 2.71 bits per heavy atom. The molecule has 5 nitrogen and oxygen atoms in total. The highest BCUT2D eigenvalue weighted by molar-refractivity contribution is 5.87. The van der Waals surface area contributed by atoms with E-state index in [1.54, 1.807) is 6.92 Å². The number of hydrogen-bond acceptors (Lipinski definition) is 3. The molecule has 0 aliphatic carbocycles. The van der Waals surface area contributed by atoms with Crippen LogP contribution in [-0.2, 0) is 9.59 Å². The summed E-state index contributed by atoms with van der Waals surface area (Å²) in [5.74, 6) is -1.20. The molecule has 2 atom stereocenters. The van der Waals surface area contributed by atoms with E-state index < -0.39 is 11.5 Å². The summed E-state index contributed by atoms with van der Waals surface area (Å²) < 4.78 is 0. The molecule has 98 valence electrons. The molecule has 3 N–H and O–H groups in total. The summed E-state index contributed by atoms with van der Waals surface area (Å²) in [7, 11) is 0. The number of rotatable bonds is 5. The lowest BCUT2D eigenvalue weighted by Gasteiger charge is -2.29. The van der Waals surface area contributed by atoms with Gasteiger partial charge in [0.25, 0.3) is 0 Å². The summed E-state index contributed by atoms with van der Waals surface area (Å²) in [5, 5.41) is 15.0. The van der Waals surface area contributed by atoms with Crippen LogP contribution in [0.15, 0.2) is 0 Å². The number of carboxylic acid groups (broad SMARTS) is 1. The van der Waals surface area contributed by atoms with Crippen molar-refractivity contribution < 1.29 is 14.7 Å². The quantitative estimate of drug-likeness (QED) is 0.664. The van der Waals surface area contributed by atoms with E-state index in [0.29, 0.717) is 13.0 Å². The fraction of sp³-hybridized carbons (Fsp3) is 0.833. The normalized spacial score (nSPS) is 23.8. The molecule has 1 heterocycles. The first-order valence-electron chi connectivity index (χ1n) is 6.25. The number of carboxylic acids is 1. The van der Waals surface area contributed by atoms with Crippen molar-refractivity contribution >= 4 is 11.9 Å². The summed E-state index contributed by atoms with van der Waals surface area (Å²) in [6, 6.07) is 0. The topological polar surface area (TPSA) is 78.4 Å². The van der Waals surface area contributed by atoms with Gasteiger partial charge in [0.2, 0.25) is 5.91 Å². The summed E-state index contributed by atoms with van der Waals surface area (Å²) in [4.78, 5) is 23.2. The van der Waals surface area contributed by atoms with Gasteiger partial charge in [-0.15, -0.1) is 0 Å². The largest absolute Gasteiger partial charge is 0.480 e. The van der Waals surface area contributed by atoms with E-state index in [1.807, 2.05) is 6.92 Å². The Kier molecular flexibility index (Phi) is 4.93. The molecule has 0 spiro atoms. The third kappa shape index (κ3) is 3.70. The number of piperidine rings is 1. The van der Waals surface area contributed by atoms with Crippen molar-refractivity contribution in [2.24, 2.45) is 5.92 Å². The maximum atomic E-state index is 12.0.